The van der Waals surface area contributed by atoms with Crippen LogP contribution in [0.15, 0.2) is 11.6 Å². The summed E-state index contributed by atoms with van der Waals surface area (Å²) in [6.07, 6.45) is 1.75. The third kappa shape index (κ3) is 5.87. The zero-order valence-electron chi connectivity index (χ0n) is 6.11. The zero-order chi connectivity index (χ0) is 7.49. The van der Waals surface area contributed by atoms with E-state index in [2.05, 4.69) is 0 Å². The summed E-state index contributed by atoms with van der Waals surface area (Å²) < 4.78 is 0. The van der Waals surface area contributed by atoms with Gasteiger partial charge in [0.1, 0.15) is 0 Å². The van der Waals surface area contributed by atoms with E-state index in [0.717, 1.165) is 5.57 Å². The predicted octanol–water partition coefficient (Wildman–Crippen LogP) is 1.94. The molecule has 9 heavy (non-hydrogen) atoms. The fourth-order valence-corrected chi connectivity index (χ4v) is 0.719. The highest BCUT2D eigenvalue weighted by molar-refractivity contribution is 6.19. The van der Waals surface area contributed by atoms with Crippen LogP contribution in [0.5, 0.6) is 0 Å². The summed E-state index contributed by atoms with van der Waals surface area (Å²) in [5.41, 5.74) is 0.281. The molecule has 0 aliphatic rings. The molecule has 0 aromatic rings. The molecule has 0 fully saturated rings. The van der Waals surface area contributed by atoms with E-state index in [1.54, 1.807) is 19.9 Å². The molecule has 0 aromatic carbocycles. The summed E-state index contributed by atoms with van der Waals surface area (Å²) in [7, 11) is 0. The van der Waals surface area contributed by atoms with Gasteiger partial charge in [-0.15, -0.1) is 11.6 Å². The van der Waals surface area contributed by atoms with Crippen molar-refractivity contribution in [1.82, 2.24) is 0 Å². The van der Waals surface area contributed by atoms with Gasteiger partial charge in [-0.1, -0.05) is 11.6 Å². The summed E-state index contributed by atoms with van der Waals surface area (Å²) in [6, 6.07) is 0. The fourth-order valence-electron chi connectivity index (χ4n) is 0.642. The lowest BCUT2D eigenvalue weighted by Gasteiger charge is -2.11. The van der Waals surface area contributed by atoms with Crippen molar-refractivity contribution in [2.24, 2.45) is 0 Å². The molecule has 0 saturated carbocycles. The lowest BCUT2D eigenvalue weighted by Crippen LogP contribution is -2.14. The van der Waals surface area contributed by atoms with Gasteiger partial charge in [-0.3, -0.25) is 0 Å². The Morgan fingerprint density at radius 1 is 1.67 bits per heavy atom. The Morgan fingerprint density at radius 3 is 2.22 bits per heavy atom. The summed E-state index contributed by atoms with van der Waals surface area (Å²) in [6.45, 7) is 5.34. The molecule has 0 aromatic heterocycles. The maximum atomic E-state index is 9.18. The summed E-state index contributed by atoms with van der Waals surface area (Å²) in [5, 5.41) is 9.18. The highest BCUT2D eigenvalue weighted by Gasteiger charge is 2.06. The predicted molar refractivity (Wildman–Crippen MR) is 40.8 cm³/mol. The lowest BCUT2D eigenvalue weighted by molar-refractivity contribution is 0.132. The highest BCUT2D eigenvalue weighted by Crippen LogP contribution is 2.07. The van der Waals surface area contributed by atoms with Crippen molar-refractivity contribution in [2.75, 3.05) is 5.88 Å². The first kappa shape index (κ1) is 8.99. The van der Waals surface area contributed by atoms with E-state index in [0.29, 0.717) is 5.88 Å². The first-order valence-corrected chi connectivity index (χ1v) is 3.46. The standard InChI is InChI=1S/C7H13ClO/c1-6(5-8)4-7(2,3)9/h4,9H,5H2,1-3H3/b6-4+. The molecule has 0 unspecified atom stereocenters. The Morgan fingerprint density at radius 2 is 2.11 bits per heavy atom. The third-order valence-corrected chi connectivity index (χ3v) is 1.23. The van der Waals surface area contributed by atoms with Gasteiger partial charge in [0.25, 0.3) is 0 Å². The first-order valence-electron chi connectivity index (χ1n) is 2.92. The van der Waals surface area contributed by atoms with Gasteiger partial charge in [0.05, 0.1) is 5.60 Å². The molecule has 0 radical (unpaired) electrons. The van der Waals surface area contributed by atoms with Crippen LogP contribution in [0.25, 0.3) is 0 Å². The third-order valence-electron chi connectivity index (χ3n) is 0.810. The van der Waals surface area contributed by atoms with E-state index in [9.17, 15) is 5.11 Å². The van der Waals surface area contributed by atoms with Gasteiger partial charge in [0.2, 0.25) is 0 Å². The molecule has 54 valence electrons. The molecule has 0 aliphatic carbocycles. The van der Waals surface area contributed by atoms with Crippen LogP contribution in [0.4, 0.5) is 0 Å². The molecule has 0 amide bonds. The van der Waals surface area contributed by atoms with Crippen LogP contribution in [-0.4, -0.2) is 16.6 Å². The second-order valence-electron chi connectivity index (χ2n) is 2.78. The van der Waals surface area contributed by atoms with Crippen LogP contribution in [0.3, 0.4) is 0 Å². The Labute approximate surface area is 61.3 Å². The Bertz CT molecular complexity index is 111. The number of allylic oxidation sites excluding steroid dienone is 1. The molecule has 0 heterocycles. The van der Waals surface area contributed by atoms with Crippen LogP contribution in [0.1, 0.15) is 20.8 Å². The number of halogens is 1. The van der Waals surface area contributed by atoms with Crippen molar-refractivity contribution in [3.05, 3.63) is 11.6 Å². The van der Waals surface area contributed by atoms with Gasteiger partial charge in [0, 0.05) is 5.88 Å². The summed E-state index contributed by atoms with van der Waals surface area (Å²) in [5.74, 6) is 0.490. The average molecular weight is 149 g/mol. The quantitative estimate of drug-likeness (QED) is 0.469. The van der Waals surface area contributed by atoms with E-state index in [-0.39, 0.29) is 0 Å². The van der Waals surface area contributed by atoms with Crippen molar-refractivity contribution in [3.8, 4) is 0 Å². The zero-order valence-corrected chi connectivity index (χ0v) is 6.87. The molecule has 2 heteroatoms. The van der Waals surface area contributed by atoms with Gasteiger partial charge in [-0.2, -0.15) is 0 Å². The Balaban J connectivity index is 3.95. The summed E-state index contributed by atoms with van der Waals surface area (Å²) >= 11 is 5.48. The van der Waals surface area contributed by atoms with Gasteiger partial charge in [-0.05, 0) is 20.8 Å². The molecule has 0 bridgehead atoms. The highest BCUT2D eigenvalue weighted by atomic mass is 35.5. The van der Waals surface area contributed by atoms with Crippen LogP contribution in [0.2, 0.25) is 0 Å². The van der Waals surface area contributed by atoms with Crippen molar-refractivity contribution in [2.45, 2.75) is 26.4 Å². The van der Waals surface area contributed by atoms with E-state index < -0.39 is 5.60 Å². The van der Waals surface area contributed by atoms with Crippen LogP contribution < -0.4 is 0 Å². The van der Waals surface area contributed by atoms with Crippen LogP contribution in [-0.2, 0) is 0 Å². The smallest absolute Gasteiger partial charge is 0.0774 e. The second-order valence-corrected chi connectivity index (χ2v) is 3.05. The maximum Gasteiger partial charge on any atom is 0.0774 e. The number of rotatable bonds is 2. The SMILES string of the molecule is C/C(=C\C(C)(C)O)CCl. The normalized spacial score (nSPS) is 14.1. The van der Waals surface area contributed by atoms with E-state index in [1.165, 1.54) is 0 Å². The molecule has 0 spiro atoms. The van der Waals surface area contributed by atoms with Crippen molar-refractivity contribution in [3.63, 3.8) is 0 Å². The monoisotopic (exact) mass is 148 g/mol. The number of alkyl halides is 1. The minimum Gasteiger partial charge on any atom is -0.386 e. The summed E-state index contributed by atoms with van der Waals surface area (Å²) in [4.78, 5) is 0. The van der Waals surface area contributed by atoms with E-state index >= 15 is 0 Å². The average Bonchev–Trinajstić information content (AvgIpc) is 1.62. The van der Waals surface area contributed by atoms with Crippen molar-refractivity contribution in [1.29, 1.82) is 0 Å². The topological polar surface area (TPSA) is 20.2 Å². The molecule has 0 aliphatic heterocycles. The second kappa shape index (κ2) is 3.23. The van der Waals surface area contributed by atoms with Gasteiger partial charge in [-0.25, -0.2) is 0 Å². The molecule has 1 N–H and O–H groups in total. The molecule has 0 saturated heterocycles. The number of aliphatic hydroxyl groups is 1. The molecule has 1 nitrogen and oxygen atoms in total. The Kier molecular flexibility index (Phi) is 3.23. The van der Waals surface area contributed by atoms with E-state index in [4.69, 9.17) is 11.6 Å². The van der Waals surface area contributed by atoms with Gasteiger partial charge in [0.15, 0.2) is 0 Å². The first-order chi connectivity index (χ1) is 3.95. The maximum absolute atomic E-state index is 9.18. The van der Waals surface area contributed by atoms with Gasteiger partial charge < -0.3 is 5.11 Å². The molecular weight excluding hydrogens is 136 g/mol. The lowest BCUT2D eigenvalue weighted by atomic mass is 10.1. The van der Waals surface area contributed by atoms with E-state index in [1.807, 2.05) is 6.92 Å². The minimum absolute atomic E-state index is 0.490. The minimum atomic E-state index is -0.723. The Hall–Kier alpha value is -0.0100. The molecular formula is C7H13ClO. The number of hydrogen-bond donors (Lipinski definition) is 1. The van der Waals surface area contributed by atoms with Crippen molar-refractivity contribution >= 4 is 11.6 Å². The fraction of sp³-hybridized carbons (Fsp3) is 0.714. The molecule has 0 rings (SSSR count). The largest absolute Gasteiger partial charge is 0.386 e. The van der Waals surface area contributed by atoms with Gasteiger partial charge >= 0.3 is 0 Å². The molecule has 0 atom stereocenters. The van der Waals surface area contributed by atoms with Crippen LogP contribution in [0, 0.1) is 0 Å². The number of hydrogen-bond acceptors (Lipinski definition) is 1. The van der Waals surface area contributed by atoms with Crippen molar-refractivity contribution < 1.29 is 5.11 Å². The van der Waals surface area contributed by atoms with Crippen LogP contribution >= 0.6 is 11.6 Å².